The third-order valence-electron chi connectivity index (χ3n) is 0.810. The Labute approximate surface area is 51.3 Å². The summed E-state index contributed by atoms with van der Waals surface area (Å²) in [6.07, 6.45) is 3.88. The lowest BCUT2D eigenvalue weighted by Crippen LogP contribution is -2.29. The van der Waals surface area contributed by atoms with E-state index in [1.807, 2.05) is 0 Å². The maximum Gasteiger partial charge on any atom is 0.235 e. The van der Waals surface area contributed by atoms with E-state index >= 15 is 0 Å². The Hall–Kier alpha value is -1.45. The van der Waals surface area contributed by atoms with Gasteiger partial charge in [-0.15, -0.1) is 0 Å². The molecule has 0 saturated carbocycles. The monoisotopic (exact) mass is 123 g/mol. The molecule has 0 aliphatic carbocycles. The van der Waals surface area contributed by atoms with E-state index in [4.69, 9.17) is 0 Å². The normalized spacial score (nSPS) is 8.89. The molecule has 0 aliphatic rings. The Balaban J connectivity index is 3.01. The molecule has 0 aromatic carbocycles. The van der Waals surface area contributed by atoms with E-state index in [1.54, 1.807) is 6.29 Å². The van der Waals surface area contributed by atoms with Crippen molar-refractivity contribution >= 4 is 6.29 Å². The van der Waals surface area contributed by atoms with Crippen molar-refractivity contribution in [3.8, 4) is 0 Å². The lowest BCUT2D eigenvalue weighted by Gasteiger charge is -1.87. The molecule has 0 bridgehead atoms. The van der Waals surface area contributed by atoms with Crippen molar-refractivity contribution < 1.29 is 9.64 Å². The van der Waals surface area contributed by atoms with Gasteiger partial charge in [-0.25, -0.2) is 0 Å². The maximum atomic E-state index is 10.2. The van der Waals surface area contributed by atoms with Crippen LogP contribution >= 0.6 is 0 Å². The van der Waals surface area contributed by atoms with Crippen LogP contribution in [0.15, 0.2) is 18.5 Å². The summed E-state index contributed by atoms with van der Waals surface area (Å²) in [5.74, 6) is 0. The highest BCUT2D eigenvalue weighted by molar-refractivity contribution is 5.73. The molecule has 0 unspecified atom stereocenters. The van der Waals surface area contributed by atoms with Gasteiger partial charge in [0.25, 0.3) is 0 Å². The van der Waals surface area contributed by atoms with Crippen LogP contribution in [-0.4, -0.2) is 11.4 Å². The average Bonchev–Trinajstić information content (AvgIpc) is 1.90. The van der Waals surface area contributed by atoms with Crippen LogP contribution in [0.5, 0.6) is 0 Å². The smallest absolute Gasteiger partial charge is 0.235 e. The molecule has 1 aromatic heterocycles. The Bertz CT molecular complexity index is 207. The zero-order valence-corrected chi connectivity index (χ0v) is 4.44. The van der Waals surface area contributed by atoms with Crippen LogP contribution in [0.1, 0.15) is 5.56 Å². The molecule has 4 nitrogen and oxygen atoms in total. The first-order valence-electron chi connectivity index (χ1n) is 2.26. The number of carbonyl (C=O) groups excluding carboxylic acids is 1. The average molecular weight is 123 g/mol. The lowest BCUT2D eigenvalue weighted by atomic mass is 10.4. The summed E-state index contributed by atoms with van der Waals surface area (Å²) in [6, 6.07) is 1.34. The highest BCUT2D eigenvalue weighted by atomic mass is 16.5. The summed E-state index contributed by atoms with van der Waals surface area (Å²) in [5.41, 5.74) is 0.280. The van der Waals surface area contributed by atoms with E-state index in [9.17, 15) is 10.0 Å². The Morgan fingerprint density at radius 3 is 3.00 bits per heavy atom. The third-order valence-corrected chi connectivity index (χ3v) is 0.810. The van der Waals surface area contributed by atoms with E-state index in [0.717, 1.165) is 12.4 Å². The van der Waals surface area contributed by atoms with Crippen molar-refractivity contribution in [3.05, 3.63) is 29.2 Å². The van der Waals surface area contributed by atoms with Crippen molar-refractivity contribution in [2.24, 2.45) is 0 Å². The molecule has 0 fully saturated rings. The summed E-state index contributed by atoms with van der Waals surface area (Å²) in [4.78, 5) is 10.2. The van der Waals surface area contributed by atoms with Gasteiger partial charge in [0, 0.05) is 11.2 Å². The van der Waals surface area contributed by atoms with Crippen molar-refractivity contribution in [3.63, 3.8) is 0 Å². The zero-order chi connectivity index (χ0) is 6.69. The summed E-state index contributed by atoms with van der Waals surface area (Å²) in [5, 5.41) is 13.5. The van der Waals surface area contributed by atoms with Gasteiger partial charge in [-0.2, -0.15) is 0 Å². The summed E-state index contributed by atoms with van der Waals surface area (Å²) >= 11 is 0. The predicted octanol–water partition coefficient (Wildman–Crippen LogP) is -0.827. The molecule has 45 valence electrons. The predicted molar refractivity (Wildman–Crippen MR) is 28.0 cm³/mol. The molecule has 1 heterocycles. The summed E-state index contributed by atoms with van der Waals surface area (Å²) in [6.45, 7) is 0. The Kier molecular flexibility index (Phi) is 1.40. The fourth-order valence-electron chi connectivity index (χ4n) is 0.405. The van der Waals surface area contributed by atoms with E-state index in [1.165, 1.54) is 6.07 Å². The second kappa shape index (κ2) is 2.21. The zero-order valence-electron chi connectivity index (χ0n) is 4.44. The van der Waals surface area contributed by atoms with Gasteiger partial charge < -0.3 is 5.21 Å². The second-order valence-electron chi connectivity index (χ2n) is 1.42. The van der Waals surface area contributed by atoms with Crippen LogP contribution in [0.25, 0.3) is 0 Å². The van der Waals surface area contributed by atoms with E-state index in [2.05, 4.69) is 5.10 Å². The van der Waals surface area contributed by atoms with Crippen LogP contribution < -0.4 is 4.85 Å². The first kappa shape index (κ1) is 5.68. The van der Waals surface area contributed by atoms with Crippen LogP contribution in [0.4, 0.5) is 0 Å². The van der Waals surface area contributed by atoms with Gasteiger partial charge in [0.1, 0.15) is 6.20 Å². The quantitative estimate of drug-likeness (QED) is 0.362. The Morgan fingerprint density at radius 1 is 1.78 bits per heavy atom. The Morgan fingerprint density at radius 2 is 2.56 bits per heavy atom. The van der Waals surface area contributed by atoms with Crippen LogP contribution in [0, 0.1) is 5.21 Å². The largest absolute Gasteiger partial charge is 0.594 e. The minimum atomic E-state index is 0.280. The van der Waals surface area contributed by atoms with Crippen molar-refractivity contribution in [2.45, 2.75) is 0 Å². The molecule has 1 rings (SSSR count). The number of hydrogen-bond acceptors (Lipinski definition) is 3. The van der Waals surface area contributed by atoms with Gasteiger partial charge in [0.2, 0.25) is 12.5 Å². The minimum Gasteiger partial charge on any atom is -0.594 e. The molecular formula is C5H3N2O2. The van der Waals surface area contributed by atoms with Crippen molar-refractivity contribution in [2.75, 3.05) is 0 Å². The van der Waals surface area contributed by atoms with Gasteiger partial charge >= 0.3 is 0 Å². The topological polar surface area (TPSA) is 56.9 Å². The number of nitrogens with zero attached hydrogens (tertiary/aromatic N) is 2. The molecule has 0 spiro atoms. The molecule has 9 heavy (non-hydrogen) atoms. The van der Waals surface area contributed by atoms with E-state index in [-0.39, 0.29) is 5.56 Å². The van der Waals surface area contributed by atoms with Gasteiger partial charge in [0.15, 0.2) is 0 Å². The maximum absolute atomic E-state index is 10.2. The fraction of sp³-hybridized carbons (Fsp3) is 0. The molecule has 0 saturated heterocycles. The van der Waals surface area contributed by atoms with Crippen LogP contribution in [0.3, 0.4) is 0 Å². The van der Waals surface area contributed by atoms with Gasteiger partial charge in [-0.05, 0) is 0 Å². The first-order valence-corrected chi connectivity index (χ1v) is 2.26. The molecule has 4 heteroatoms. The summed E-state index contributed by atoms with van der Waals surface area (Å²) in [7, 11) is 0. The second-order valence-corrected chi connectivity index (χ2v) is 1.42. The number of aromatic nitrogens is 2. The lowest BCUT2D eigenvalue weighted by molar-refractivity contribution is -0.669. The van der Waals surface area contributed by atoms with Crippen LogP contribution in [-0.2, 0) is 4.79 Å². The molecule has 0 aliphatic heterocycles. The highest BCUT2D eigenvalue weighted by Gasteiger charge is 1.92. The van der Waals surface area contributed by atoms with Gasteiger partial charge in [-0.3, -0.25) is 4.79 Å². The number of rotatable bonds is 1. The third kappa shape index (κ3) is 1.22. The van der Waals surface area contributed by atoms with Crippen LogP contribution in [0.2, 0.25) is 0 Å². The van der Waals surface area contributed by atoms with Gasteiger partial charge in [-0.1, -0.05) is 4.85 Å². The highest BCUT2D eigenvalue weighted by Crippen LogP contribution is 1.83. The molecule has 1 aromatic rings. The minimum absolute atomic E-state index is 0.280. The van der Waals surface area contributed by atoms with E-state index < -0.39 is 0 Å². The molecular weight excluding hydrogens is 120 g/mol. The fourth-order valence-corrected chi connectivity index (χ4v) is 0.405. The molecule has 0 atom stereocenters. The molecule has 0 amide bonds. The van der Waals surface area contributed by atoms with Crippen molar-refractivity contribution in [1.29, 1.82) is 0 Å². The van der Waals surface area contributed by atoms with Crippen molar-refractivity contribution in [1.82, 2.24) is 5.10 Å². The number of hydrogen-bond donors (Lipinski definition) is 0. The standard InChI is InChI=1S/C5H3N2O2/c8-4-5-1-2-7(9)6-3-5/h1-3H. The SMILES string of the molecule is O=[C]c1cc[n+]([O-])nc1. The molecule has 0 N–H and O–H groups in total. The van der Waals surface area contributed by atoms with E-state index in [0.29, 0.717) is 4.85 Å². The molecule has 1 radical (unpaired) electrons. The first-order chi connectivity index (χ1) is 4.33. The van der Waals surface area contributed by atoms with Gasteiger partial charge in [0.05, 0.1) is 5.56 Å². The summed E-state index contributed by atoms with van der Waals surface area (Å²) < 4.78 is 0.